The summed E-state index contributed by atoms with van der Waals surface area (Å²) in [6.07, 6.45) is 0.511. The predicted octanol–water partition coefficient (Wildman–Crippen LogP) is 4.91. The van der Waals surface area contributed by atoms with Gasteiger partial charge in [0.25, 0.3) is 0 Å². The first-order chi connectivity index (χ1) is 16.3. The van der Waals surface area contributed by atoms with Gasteiger partial charge in [0.15, 0.2) is 0 Å². The van der Waals surface area contributed by atoms with Crippen molar-refractivity contribution in [2.24, 2.45) is 0 Å². The number of hydrogen-bond donors (Lipinski definition) is 2. The molecule has 0 bridgehead atoms. The van der Waals surface area contributed by atoms with Gasteiger partial charge in [0.2, 0.25) is 5.91 Å². The molecule has 0 aliphatic carbocycles. The van der Waals surface area contributed by atoms with Gasteiger partial charge in [-0.2, -0.15) is 0 Å². The fourth-order valence-corrected chi connectivity index (χ4v) is 4.62. The molecule has 6 nitrogen and oxygen atoms in total. The highest BCUT2D eigenvalue weighted by atomic mass is 16.6. The topological polar surface area (TPSA) is 78.9 Å². The zero-order valence-electron chi connectivity index (χ0n) is 21.5. The van der Waals surface area contributed by atoms with E-state index in [4.69, 9.17) is 4.74 Å². The molecule has 2 unspecified atom stereocenters. The molecule has 0 saturated carbocycles. The maximum Gasteiger partial charge on any atom is 0.411 e. The maximum absolute atomic E-state index is 13.2. The normalized spacial score (nSPS) is 19.3. The van der Waals surface area contributed by atoms with E-state index < -0.39 is 22.8 Å². The summed E-state index contributed by atoms with van der Waals surface area (Å²) in [5.41, 5.74) is 0.219. The molecule has 1 fully saturated rings. The Balaban J connectivity index is 1.75. The third-order valence-electron chi connectivity index (χ3n) is 6.16. The van der Waals surface area contributed by atoms with E-state index in [1.165, 1.54) is 6.92 Å². The molecule has 0 radical (unpaired) electrons. The summed E-state index contributed by atoms with van der Waals surface area (Å²) >= 11 is 0. The van der Waals surface area contributed by atoms with Gasteiger partial charge in [-0.1, -0.05) is 54.3 Å². The highest BCUT2D eigenvalue weighted by Crippen LogP contribution is 2.42. The summed E-state index contributed by atoms with van der Waals surface area (Å²) in [6.45, 7) is 11.1. The molecule has 1 heterocycles. The Bertz CT molecular complexity index is 1110. The fourth-order valence-electron chi connectivity index (χ4n) is 4.62. The standard InChI is InChI=1S/C29H36N2O4/c1-21(24-14-12-23(13-15-24)16-17-27(3,4)30-22(2)32)31-19-18-29(35-26(31)33,20-28(5,6)34)25-10-8-7-9-11-25/h7-15,21,34H,18-20H2,1-6H3,(H,30,32). The molecule has 2 N–H and O–H groups in total. The van der Waals surface area contributed by atoms with Crippen molar-refractivity contribution in [2.45, 2.75) is 77.2 Å². The molecule has 2 atom stereocenters. The van der Waals surface area contributed by atoms with Gasteiger partial charge in [0, 0.05) is 31.9 Å². The largest absolute Gasteiger partial charge is 0.438 e. The summed E-state index contributed by atoms with van der Waals surface area (Å²) in [5, 5.41) is 13.4. The smallest absolute Gasteiger partial charge is 0.411 e. The fraction of sp³-hybridized carbons (Fsp3) is 0.448. The Hall–Kier alpha value is -3.30. The van der Waals surface area contributed by atoms with Gasteiger partial charge in [-0.25, -0.2) is 4.79 Å². The quantitative estimate of drug-likeness (QED) is 0.581. The van der Waals surface area contributed by atoms with E-state index in [9.17, 15) is 14.7 Å². The number of rotatable bonds is 6. The summed E-state index contributed by atoms with van der Waals surface area (Å²) < 4.78 is 6.09. The van der Waals surface area contributed by atoms with E-state index in [0.717, 1.165) is 16.7 Å². The number of amides is 2. The van der Waals surface area contributed by atoms with Gasteiger partial charge in [-0.05, 0) is 57.9 Å². The molecule has 2 aromatic rings. The predicted molar refractivity (Wildman–Crippen MR) is 136 cm³/mol. The van der Waals surface area contributed by atoms with Crippen LogP contribution in [0.2, 0.25) is 0 Å². The van der Waals surface area contributed by atoms with Gasteiger partial charge >= 0.3 is 6.09 Å². The van der Waals surface area contributed by atoms with Crippen LogP contribution in [0.15, 0.2) is 54.6 Å². The van der Waals surface area contributed by atoms with Crippen LogP contribution in [0.1, 0.15) is 77.1 Å². The van der Waals surface area contributed by atoms with Crippen LogP contribution in [0, 0.1) is 11.8 Å². The van der Waals surface area contributed by atoms with Gasteiger partial charge in [-0.3, -0.25) is 4.79 Å². The van der Waals surface area contributed by atoms with Crippen molar-refractivity contribution in [1.29, 1.82) is 0 Å². The Morgan fingerprint density at radius 2 is 1.77 bits per heavy atom. The first kappa shape index (κ1) is 26.3. The minimum absolute atomic E-state index is 0.124. The highest BCUT2D eigenvalue weighted by molar-refractivity contribution is 5.74. The SMILES string of the molecule is CC(=O)NC(C)(C)C#Cc1ccc(C(C)N2CCC(CC(C)(C)O)(c3ccccc3)OC2=O)cc1. The molecule has 186 valence electrons. The average molecular weight is 477 g/mol. The molecule has 1 saturated heterocycles. The minimum atomic E-state index is -0.991. The first-order valence-electron chi connectivity index (χ1n) is 12.0. The number of carbonyl (C=O) groups is 2. The van der Waals surface area contributed by atoms with Crippen LogP contribution in [0.25, 0.3) is 0 Å². The molecular weight excluding hydrogens is 440 g/mol. The molecule has 1 aliphatic rings. The average Bonchev–Trinajstić information content (AvgIpc) is 2.76. The number of benzene rings is 2. The summed E-state index contributed by atoms with van der Waals surface area (Å²) in [7, 11) is 0. The maximum atomic E-state index is 13.2. The number of aliphatic hydroxyl groups is 1. The molecule has 0 aromatic heterocycles. The lowest BCUT2D eigenvalue weighted by molar-refractivity contribution is -0.120. The summed E-state index contributed by atoms with van der Waals surface area (Å²) in [6, 6.07) is 17.2. The van der Waals surface area contributed by atoms with Crippen LogP contribution < -0.4 is 5.32 Å². The van der Waals surface area contributed by atoms with Gasteiger partial charge < -0.3 is 20.1 Å². The first-order valence-corrected chi connectivity index (χ1v) is 12.0. The second-order valence-electron chi connectivity index (χ2n) is 10.5. The van der Waals surface area contributed by atoms with E-state index in [1.54, 1.807) is 18.7 Å². The Labute approximate surface area is 208 Å². The van der Waals surface area contributed by atoms with E-state index in [-0.39, 0.29) is 11.9 Å². The Morgan fingerprint density at radius 3 is 2.31 bits per heavy atom. The Kier molecular flexibility index (Phi) is 7.62. The van der Waals surface area contributed by atoms with Gasteiger partial charge in [0.1, 0.15) is 5.60 Å². The summed E-state index contributed by atoms with van der Waals surface area (Å²) in [4.78, 5) is 26.3. The minimum Gasteiger partial charge on any atom is -0.438 e. The van der Waals surface area contributed by atoms with E-state index in [0.29, 0.717) is 19.4 Å². The van der Waals surface area contributed by atoms with Crippen LogP contribution in [0.4, 0.5) is 4.79 Å². The molecule has 1 aliphatic heterocycles. The molecule has 0 spiro atoms. The van der Waals surface area contributed by atoms with Crippen LogP contribution in [-0.2, 0) is 15.1 Å². The molecule has 3 rings (SSSR count). The second kappa shape index (κ2) is 10.1. The molecule has 6 heteroatoms. The lowest BCUT2D eigenvalue weighted by Crippen LogP contribution is -2.51. The van der Waals surface area contributed by atoms with Crippen molar-refractivity contribution in [3.05, 3.63) is 71.3 Å². The number of carbonyl (C=O) groups excluding carboxylic acids is 2. The Morgan fingerprint density at radius 1 is 1.14 bits per heavy atom. The van der Waals surface area contributed by atoms with Crippen LogP contribution >= 0.6 is 0 Å². The molecule has 35 heavy (non-hydrogen) atoms. The van der Waals surface area contributed by atoms with Crippen molar-refractivity contribution < 1.29 is 19.4 Å². The summed E-state index contributed by atoms with van der Waals surface area (Å²) in [5.74, 6) is 6.06. The second-order valence-corrected chi connectivity index (χ2v) is 10.5. The lowest BCUT2D eigenvalue weighted by Gasteiger charge is -2.45. The van der Waals surface area contributed by atoms with Crippen LogP contribution in [0.3, 0.4) is 0 Å². The van der Waals surface area contributed by atoms with Crippen molar-refractivity contribution in [3.63, 3.8) is 0 Å². The van der Waals surface area contributed by atoms with Crippen molar-refractivity contribution in [2.75, 3.05) is 6.54 Å². The van der Waals surface area contributed by atoms with Crippen molar-refractivity contribution >= 4 is 12.0 Å². The zero-order valence-corrected chi connectivity index (χ0v) is 21.5. The van der Waals surface area contributed by atoms with Crippen LogP contribution in [0.5, 0.6) is 0 Å². The highest BCUT2D eigenvalue weighted by Gasteiger charge is 2.46. The number of hydrogen-bond acceptors (Lipinski definition) is 4. The number of cyclic esters (lactones) is 1. The van der Waals surface area contributed by atoms with E-state index in [2.05, 4.69) is 17.2 Å². The lowest BCUT2D eigenvalue weighted by atomic mass is 9.80. The molecular formula is C29H36N2O4. The number of nitrogens with one attached hydrogen (secondary N) is 1. The van der Waals surface area contributed by atoms with Crippen molar-refractivity contribution in [3.8, 4) is 11.8 Å². The van der Waals surface area contributed by atoms with Crippen molar-refractivity contribution in [1.82, 2.24) is 10.2 Å². The number of ether oxygens (including phenoxy) is 1. The third-order valence-corrected chi connectivity index (χ3v) is 6.16. The molecule has 2 amide bonds. The van der Waals surface area contributed by atoms with Gasteiger partial charge in [-0.15, -0.1) is 0 Å². The zero-order chi connectivity index (χ0) is 25.9. The molecule has 2 aromatic carbocycles. The van der Waals surface area contributed by atoms with E-state index in [1.807, 2.05) is 75.4 Å². The number of nitrogens with zero attached hydrogens (tertiary/aromatic N) is 1. The monoisotopic (exact) mass is 476 g/mol. The van der Waals surface area contributed by atoms with Gasteiger partial charge in [0.05, 0.1) is 17.2 Å². The van der Waals surface area contributed by atoms with Crippen LogP contribution in [-0.4, -0.2) is 39.7 Å². The third kappa shape index (κ3) is 6.86. The van der Waals surface area contributed by atoms with E-state index >= 15 is 0 Å².